The zero-order chi connectivity index (χ0) is 13.8. The number of nitrogens with zero attached hydrogens (tertiary/aromatic N) is 1. The summed E-state index contributed by atoms with van der Waals surface area (Å²) < 4.78 is 5.01. The number of halogens is 1. The minimum absolute atomic E-state index is 0. The van der Waals surface area contributed by atoms with Gasteiger partial charge in [0, 0.05) is 6.07 Å². The monoisotopic (exact) mass is 295 g/mol. The van der Waals surface area contributed by atoms with Crippen LogP contribution in [0.15, 0.2) is 34.9 Å². The van der Waals surface area contributed by atoms with Crippen molar-refractivity contribution in [3.8, 4) is 0 Å². The summed E-state index contributed by atoms with van der Waals surface area (Å²) in [7, 11) is 0. The van der Waals surface area contributed by atoms with E-state index in [0.717, 1.165) is 16.8 Å². The van der Waals surface area contributed by atoms with Gasteiger partial charge in [-0.15, -0.1) is 12.4 Å². The Balaban J connectivity index is 0.00000200. The predicted molar refractivity (Wildman–Crippen MR) is 78.4 cm³/mol. The third kappa shape index (κ3) is 4.08. The molecule has 0 fully saturated rings. The lowest BCUT2D eigenvalue weighted by Crippen LogP contribution is -2.33. The van der Waals surface area contributed by atoms with E-state index in [1.54, 1.807) is 6.07 Å². The van der Waals surface area contributed by atoms with E-state index in [1.165, 1.54) is 0 Å². The highest BCUT2D eigenvalue weighted by Crippen LogP contribution is 2.12. The molecule has 5 nitrogen and oxygen atoms in total. The molecule has 0 bridgehead atoms. The first-order valence-electron chi connectivity index (χ1n) is 6.08. The topological polar surface area (TPSA) is 81.2 Å². The molecule has 0 saturated carbocycles. The van der Waals surface area contributed by atoms with Crippen molar-refractivity contribution < 1.29 is 9.32 Å². The highest BCUT2D eigenvalue weighted by molar-refractivity contribution is 5.85. The lowest BCUT2D eigenvalue weighted by atomic mass is 10.1. The molecule has 0 aliphatic heterocycles. The second kappa shape index (κ2) is 7.07. The third-order valence-corrected chi connectivity index (χ3v) is 2.83. The van der Waals surface area contributed by atoms with Crippen LogP contribution < -0.4 is 11.1 Å². The summed E-state index contributed by atoms with van der Waals surface area (Å²) in [4.78, 5) is 11.9. The Morgan fingerprint density at radius 3 is 2.55 bits per heavy atom. The quantitative estimate of drug-likeness (QED) is 0.904. The molecule has 20 heavy (non-hydrogen) atoms. The molecule has 108 valence electrons. The van der Waals surface area contributed by atoms with Crippen molar-refractivity contribution in [1.82, 2.24) is 10.5 Å². The number of amides is 1. The van der Waals surface area contributed by atoms with Gasteiger partial charge in [-0.2, -0.15) is 0 Å². The molecular weight excluding hydrogens is 278 g/mol. The lowest BCUT2D eigenvalue weighted by molar-refractivity contribution is -0.122. The maximum Gasteiger partial charge on any atom is 0.241 e. The van der Waals surface area contributed by atoms with E-state index in [-0.39, 0.29) is 18.3 Å². The van der Waals surface area contributed by atoms with Crippen LogP contribution in [0.4, 0.5) is 0 Å². The van der Waals surface area contributed by atoms with Gasteiger partial charge in [0.1, 0.15) is 6.04 Å². The largest absolute Gasteiger partial charge is 0.359 e. The van der Waals surface area contributed by atoms with E-state index in [1.807, 2.05) is 38.1 Å². The Hall–Kier alpha value is -1.85. The van der Waals surface area contributed by atoms with Gasteiger partial charge in [-0.1, -0.05) is 35.0 Å². The number of hydrogen-bond acceptors (Lipinski definition) is 4. The molecule has 3 N–H and O–H groups in total. The summed E-state index contributed by atoms with van der Waals surface area (Å²) in [5.74, 6) is 0.375. The Morgan fingerprint density at radius 1 is 1.35 bits per heavy atom. The van der Waals surface area contributed by atoms with Gasteiger partial charge in [0.15, 0.2) is 5.76 Å². The second-order valence-electron chi connectivity index (χ2n) is 4.54. The fourth-order valence-electron chi connectivity index (χ4n) is 1.71. The van der Waals surface area contributed by atoms with Crippen molar-refractivity contribution in [3.05, 3.63) is 52.9 Å². The molecule has 2 aromatic rings. The standard InChI is InChI=1S/C14H17N3O2.ClH/c1-9-3-5-11(6-4-9)13(15)14(18)16-8-12-7-10(2)17-19-12;/h3-7,13H,8,15H2,1-2H3,(H,16,18);1H. The van der Waals surface area contributed by atoms with Crippen molar-refractivity contribution in [2.45, 2.75) is 26.4 Å². The molecule has 1 unspecified atom stereocenters. The number of carbonyl (C=O) groups is 1. The number of nitrogens with one attached hydrogen (secondary N) is 1. The molecule has 1 atom stereocenters. The number of rotatable bonds is 4. The van der Waals surface area contributed by atoms with Gasteiger partial charge in [0.05, 0.1) is 12.2 Å². The molecule has 0 radical (unpaired) electrons. The number of nitrogens with two attached hydrogens (primary N) is 1. The number of carbonyl (C=O) groups excluding carboxylic acids is 1. The molecule has 0 aliphatic rings. The van der Waals surface area contributed by atoms with Crippen molar-refractivity contribution in [2.24, 2.45) is 5.73 Å². The van der Waals surface area contributed by atoms with Gasteiger partial charge in [-0.3, -0.25) is 4.79 Å². The van der Waals surface area contributed by atoms with E-state index < -0.39 is 6.04 Å². The zero-order valence-electron chi connectivity index (χ0n) is 11.4. The Kier molecular flexibility index (Phi) is 5.73. The van der Waals surface area contributed by atoms with Gasteiger partial charge in [0.25, 0.3) is 0 Å². The number of aromatic nitrogens is 1. The smallest absolute Gasteiger partial charge is 0.241 e. The highest BCUT2D eigenvalue weighted by Gasteiger charge is 2.15. The molecule has 0 spiro atoms. The summed E-state index contributed by atoms with van der Waals surface area (Å²) in [6.07, 6.45) is 0. The molecule has 0 aliphatic carbocycles. The molecule has 0 saturated heterocycles. The average Bonchev–Trinajstić information content (AvgIpc) is 2.82. The van der Waals surface area contributed by atoms with Gasteiger partial charge >= 0.3 is 0 Å². The number of hydrogen-bond donors (Lipinski definition) is 2. The fourth-order valence-corrected chi connectivity index (χ4v) is 1.71. The fraction of sp³-hybridized carbons (Fsp3) is 0.286. The van der Waals surface area contributed by atoms with Crippen LogP contribution in [-0.4, -0.2) is 11.1 Å². The Bertz CT molecular complexity index is 566. The maximum absolute atomic E-state index is 11.9. The minimum Gasteiger partial charge on any atom is -0.359 e. The minimum atomic E-state index is -0.676. The van der Waals surface area contributed by atoms with Crippen LogP contribution in [0.5, 0.6) is 0 Å². The normalized spacial score (nSPS) is 11.6. The molecule has 6 heteroatoms. The highest BCUT2D eigenvalue weighted by atomic mass is 35.5. The summed E-state index contributed by atoms with van der Waals surface area (Å²) in [6.45, 7) is 4.10. The van der Waals surface area contributed by atoms with Crippen molar-refractivity contribution in [1.29, 1.82) is 0 Å². The summed E-state index contributed by atoms with van der Waals surface area (Å²) in [5.41, 5.74) is 8.61. The van der Waals surface area contributed by atoms with Gasteiger partial charge in [-0.05, 0) is 19.4 Å². The number of benzene rings is 1. The van der Waals surface area contributed by atoms with E-state index >= 15 is 0 Å². The number of aryl methyl sites for hydroxylation is 2. The SMILES string of the molecule is Cc1ccc(C(N)C(=O)NCc2cc(C)no2)cc1.Cl. The van der Waals surface area contributed by atoms with Crippen LogP contribution in [0, 0.1) is 13.8 Å². The predicted octanol–water partition coefficient (Wildman–Crippen LogP) is 2.03. The van der Waals surface area contributed by atoms with Crippen LogP contribution in [-0.2, 0) is 11.3 Å². The zero-order valence-corrected chi connectivity index (χ0v) is 12.2. The van der Waals surface area contributed by atoms with E-state index in [0.29, 0.717) is 12.3 Å². The van der Waals surface area contributed by atoms with Gasteiger partial charge in [-0.25, -0.2) is 0 Å². The van der Waals surface area contributed by atoms with Crippen LogP contribution in [0.25, 0.3) is 0 Å². The van der Waals surface area contributed by atoms with Gasteiger partial charge < -0.3 is 15.6 Å². The lowest BCUT2D eigenvalue weighted by Gasteiger charge is -2.11. The molecule has 1 amide bonds. The van der Waals surface area contributed by atoms with Crippen LogP contribution in [0.3, 0.4) is 0 Å². The van der Waals surface area contributed by atoms with E-state index in [4.69, 9.17) is 10.3 Å². The summed E-state index contributed by atoms with van der Waals surface area (Å²) >= 11 is 0. The van der Waals surface area contributed by atoms with Crippen LogP contribution in [0.2, 0.25) is 0 Å². The molecule has 1 heterocycles. The maximum atomic E-state index is 11.9. The van der Waals surface area contributed by atoms with Crippen LogP contribution >= 0.6 is 12.4 Å². The summed E-state index contributed by atoms with van der Waals surface area (Å²) in [6, 6.07) is 8.68. The van der Waals surface area contributed by atoms with Crippen molar-refractivity contribution >= 4 is 18.3 Å². The van der Waals surface area contributed by atoms with E-state index in [9.17, 15) is 4.79 Å². The average molecular weight is 296 g/mol. The van der Waals surface area contributed by atoms with Crippen molar-refractivity contribution in [3.63, 3.8) is 0 Å². The third-order valence-electron chi connectivity index (χ3n) is 2.83. The Morgan fingerprint density at radius 2 is 2.00 bits per heavy atom. The van der Waals surface area contributed by atoms with Gasteiger partial charge in [0.2, 0.25) is 5.91 Å². The first-order valence-corrected chi connectivity index (χ1v) is 6.08. The first kappa shape index (κ1) is 16.2. The molecular formula is C14H18ClN3O2. The first-order chi connectivity index (χ1) is 9.06. The Labute approximate surface area is 123 Å². The molecule has 1 aromatic heterocycles. The van der Waals surface area contributed by atoms with Crippen LogP contribution in [0.1, 0.15) is 28.6 Å². The summed E-state index contributed by atoms with van der Waals surface area (Å²) in [5, 5.41) is 6.48. The molecule has 1 aromatic carbocycles. The second-order valence-corrected chi connectivity index (χ2v) is 4.54. The molecule has 2 rings (SSSR count). The van der Waals surface area contributed by atoms with E-state index in [2.05, 4.69) is 10.5 Å². The van der Waals surface area contributed by atoms with Crippen molar-refractivity contribution in [2.75, 3.05) is 0 Å².